The normalized spacial score (nSPS) is 13.6. The first kappa shape index (κ1) is 34.5. The third-order valence-electron chi connectivity index (χ3n) is 9.39. The average molecular weight is 860 g/mol. The van der Waals surface area contributed by atoms with Crippen LogP contribution >= 0.6 is 0 Å². The maximum Gasteiger partial charge on any atom is 0.141 e. The van der Waals surface area contributed by atoms with Crippen molar-refractivity contribution in [3.8, 4) is 22.6 Å². The number of imidazole rings is 1. The van der Waals surface area contributed by atoms with Crippen LogP contribution in [0.4, 0.5) is 4.39 Å². The monoisotopic (exact) mass is 860 g/mol. The van der Waals surface area contributed by atoms with Gasteiger partial charge in [0.2, 0.25) is 0 Å². The van der Waals surface area contributed by atoms with Crippen LogP contribution in [0.5, 0.6) is 0 Å². The molecule has 259 valence electrons. The molecule has 0 spiro atoms. The predicted octanol–water partition coefficient (Wildman–Crippen LogP) is 10.6. The third-order valence-corrected chi connectivity index (χ3v) is 11.4. The van der Waals surface area contributed by atoms with Gasteiger partial charge in [-0.15, -0.1) is 35.9 Å². The van der Waals surface area contributed by atoms with E-state index in [0.29, 0.717) is 5.71 Å². The van der Waals surface area contributed by atoms with Crippen LogP contribution in [0.2, 0.25) is 19.6 Å². The summed E-state index contributed by atoms with van der Waals surface area (Å²) in [5, 5.41) is 3.40. The van der Waals surface area contributed by atoms with Crippen LogP contribution < -0.4 is 5.19 Å². The van der Waals surface area contributed by atoms with Crippen molar-refractivity contribution < 1.29 is 30.3 Å². The fourth-order valence-corrected chi connectivity index (χ4v) is 8.48. The molecule has 0 N–H and O–H groups in total. The van der Waals surface area contributed by atoms with E-state index in [4.69, 9.17) is 10.8 Å². The molecule has 50 heavy (non-hydrogen) atoms. The molecule has 7 aromatic rings. The minimum Gasteiger partial charge on any atom is -0.483 e. The van der Waals surface area contributed by atoms with Crippen molar-refractivity contribution in [2.75, 3.05) is 0 Å². The second-order valence-corrected chi connectivity index (χ2v) is 19.6. The number of hydrogen-bond donors (Lipinski definition) is 0. The van der Waals surface area contributed by atoms with E-state index in [0.717, 1.165) is 68.4 Å². The van der Waals surface area contributed by atoms with Gasteiger partial charge in [0.1, 0.15) is 11.3 Å². The Morgan fingerprint density at radius 3 is 2.34 bits per heavy atom. The summed E-state index contributed by atoms with van der Waals surface area (Å²) in [5.41, 5.74) is 10.00. The molecule has 0 bridgehead atoms. The van der Waals surface area contributed by atoms with Crippen molar-refractivity contribution in [1.29, 1.82) is 0 Å². The molecule has 3 aromatic carbocycles. The summed E-state index contributed by atoms with van der Waals surface area (Å²) >= 11 is 0. The van der Waals surface area contributed by atoms with Gasteiger partial charge in [0.15, 0.2) is 0 Å². The van der Waals surface area contributed by atoms with E-state index in [1.807, 2.05) is 32.2 Å². The number of hydrogen-bond acceptors (Lipinski definition) is 4. The van der Waals surface area contributed by atoms with Crippen molar-refractivity contribution in [1.82, 2.24) is 19.5 Å². The number of fused-ring (bicyclic) bond motifs is 5. The fraction of sp³-hybridized carbons (Fsp3) is 0.310. The van der Waals surface area contributed by atoms with Crippen LogP contribution in [0, 0.1) is 18.1 Å². The van der Waals surface area contributed by atoms with Crippen molar-refractivity contribution in [3.63, 3.8) is 0 Å². The summed E-state index contributed by atoms with van der Waals surface area (Å²) < 4.78 is 29.8. The van der Waals surface area contributed by atoms with E-state index >= 15 is 0 Å². The van der Waals surface area contributed by atoms with Gasteiger partial charge in [-0.1, -0.05) is 62.8 Å². The van der Waals surface area contributed by atoms with Gasteiger partial charge < -0.3 is 19.0 Å². The summed E-state index contributed by atoms with van der Waals surface area (Å²) in [6.07, 6.45) is 9.91. The maximum atomic E-state index is 13.0. The Balaban J connectivity index is 0.000000182. The molecule has 4 aromatic heterocycles. The second kappa shape index (κ2) is 14.3. The molecule has 0 saturated carbocycles. The number of rotatable bonds is 5. The van der Waals surface area contributed by atoms with Crippen LogP contribution in [0.1, 0.15) is 70.5 Å². The van der Waals surface area contributed by atoms with Crippen LogP contribution in [0.15, 0.2) is 77.3 Å². The van der Waals surface area contributed by atoms with Gasteiger partial charge >= 0.3 is 0 Å². The van der Waals surface area contributed by atoms with Crippen molar-refractivity contribution >= 4 is 46.4 Å². The molecule has 0 fully saturated rings. The van der Waals surface area contributed by atoms with E-state index in [2.05, 4.69) is 96.7 Å². The van der Waals surface area contributed by atoms with Gasteiger partial charge in [-0.05, 0) is 103 Å². The number of halogens is 1. The molecule has 0 saturated heterocycles. The topological polar surface area (TPSA) is 56.7 Å². The summed E-state index contributed by atoms with van der Waals surface area (Å²) in [4.78, 5) is 14.0. The summed E-state index contributed by atoms with van der Waals surface area (Å²) in [6, 6.07) is 24.5. The summed E-state index contributed by atoms with van der Waals surface area (Å²) in [6.45, 7) is 14.9. The Morgan fingerprint density at radius 1 is 0.920 bits per heavy atom. The number of aryl methyl sites for hydroxylation is 2. The molecule has 0 amide bonds. The summed E-state index contributed by atoms with van der Waals surface area (Å²) in [7, 11) is -1.57. The van der Waals surface area contributed by atoms with Gasteiger partial charge in [-0.3, -0.25) is 9.37 Å². The van der Waals surface area contributed by atoms with Crippen LogP contribution in [0.3, 0.4) is 0 Å². The van der Waals surface area contributed by atoms with Crippen LogP contribution in [-0.2, 0) is 32.9 Å². The van der Waals surface area contributed by atoms with E-state index in [9.17, 15) is 4.39 Å². The SMILES string of the molecule is CC(C)n1c(-c2[c-]nc3oc4cc5c(cc4c3c2)CCCC5)nc2ccccc21.[2H]C(C)(C)c1cc(-c2[c-]cc(F)cc2)ncc1[Si](C)(C)C.[Ir]. The van der Waals surface area contributed by atoms with Gasteiger partial charge in [0, 0.05) is 44.9 Å². The van der Waals surface area contributed by atoms with Crippen molar-refractivity contribution in [2.24, 2.45) is 0 Å². The predicted molar refractivity (Wildman–Crippen MR) is 202 cm³/mol. The van der Waals surface area contributed by atoms with E-state index < -0.39 is 14.0 Å². The van der Waals surface area contributed by atoms with Gasteiger partial charge in [-0.25, -0.2) is 0 Å². The second-order valence-electron chi connectivity index (χ2n) is 14.6. The largest absolute Gasteiger partial charge is 0.483 e. The number of nitrogens with zero attached hydrogens (tertiary/aromatic N) is 4. The van der Waals surface area contributed by atoms with E-state index in [1.54, 1.807) is 6.07 Å². The molecule has 0 atom stereocenters. The first-order chi connectivity index (χ1) is 23.8. The molecule has 8 rings (SSSR count). The van der Waals surface area contributed by atoms with Crippen molar-refractivity contribution in [3.05, 3.63) is 108 Å². The first-order valence-electron chi connectivity index (χ1n) is 17.7. The number of para-hydroxylation sites is 2. The summed E-state index contributed by atoms with van der Waals surface area (Å²) in [5.74, 6) is -0.0886. The van der Waals surface area contributed by atoms with E-state index in [1.165, 1.54) is 41.3 Å². The molecule has 1 radical (unpaired) electrons. The zero-order chi connectivity index (χ0) is 35.4. The fourth-order valence-electron chi connectivity index (χ4n) is 6.89. The Kier molecular flexibility index (Phi) is 9.88. The molecule has 1 aliphatic carbocycles. The van der Waals surface area contributed by atoms with Crippen LogP contribution in [0.25, 0.3) is 55.7 Å². The third kappa shape index (κ3) is 6.98. The Morgan fingerprint density at radius 2 is 1.66 bits per heavy atom. The maximum absolute atomic E-state index is 13.0. The molecule has 4 heterocycles. The van der Waals surface area contributed by atoms with Gasteiger partial charge in [-0.2, -0.15) is 0 Å². The number of benzene rings is 3. The van der Waals surface area contributed by atoms with Crippen molar-refractivity contribution in [2.45, 2.75) is 85.0 Å². The number of aromatic nitrogens is 4. The minimum atomic E-state index is -1.57. The van der Waals surface area contributed by atoms with Gasteiger partial charge in [0.05, 0.1) is 24.9 Å². The number of pyridine rings is 2. The van der Waals surface area contributed by atoms with E-state index in [-0.39, 0.29) is 32.0 Å². The Bertz CT molecular complexity index is 2350. The number of furan rings is 1. The molecule has 0 aliphatic heterocycles. The molecule has 5 nitrogen and oxygen atoms in total. The average Bonchev–Trinajstić information content (AvgIpc) is 3.65. The zero-order valence-electron chi connectivity index (χ0n) is 30.7. The molecule has 1 aliphatic rings. The van der Waals surface area contributed by atoms with Gasteiger partial charge in [0.25, 0.3) is 0 Å². The standard InChI is InChI=1S/C25H22N3O.C17H21FNSi.Ir/c1-15(2)28-22-10-6-5-9-21(22)27-24(28)18-12-20-19-11-16-7-3-4-8-17(16)13-23(19)29-25(20)26-14-18;1-12(2)15-10-16(13-6-8-14(18)9-7-13)19-11-17(15)20(3,4)5;/h5-6,9-13,15H,3-4,7-8H2,1-2H3;6,8-12H,1-5H3;/q2*-1;/i;12D;. The minimum absolute atomic E-state index is 0. The Labute approximate surface area is 310 Å². The molecule has 0 unspecified atom stereocenters. The zero-order valence-corrected chi connectivity index (χ0v) is 33.1. The molecular weight excluding hydrogens is 816 g/mol. The smallest absolute Gasteiger partial charge is 0.141 e. The molecular formula is C42H43FIrN4OSi-2. The Hall–Kier alpha value is -3.97. The molecule has 8 heteroatoms. The quantitative estimate of drug-likeness (QED) is 0.128. The first-order valence-corrected chi connectivity index (χ1v) is 20.7. The van der Waals surface area contributed by atoms with Crippen LogP contribution in [-0.4, -0.2) is 27.6 Å².